The molecule has 1 aromatic heterocycles. The van der Waals surface area contributed by atoms with Crippen molar-refractivity contribution in [2.45, 2.75) is 45.2 Å². The van der Waals surface area contributed by atoms with Crippen molar-refractivity contribution in [2.24, 2.45) is 0 Å². The summed E-state index contributed by atoms with van der Waals surface area (Å²) in [6.07, 6.45) is 3.65. The first-order valence-corrected chi connectivity index (χ1v) is 8.00. The van der Waals surface area contributed by atoms with Gasteiger partial charge in [-0.25, -0.2) is 4.98 Å². The molecule has 1 heterocycles. The normalized spacial score (nSPS) is 14.0. The van der Waals surface area contributed by atoms with E-state index in [1.165, 1.54) is 23.4 Å². The van der Waals surface area contributed by atoms with Crippen LogP contribution in [0.3, 0.4) is 0 Å². The molecule has 23 heavy (non-hydrogen) atoms. The third-order valence-corrected chi connectivity index (χ3v) is 4.22. The summed E-state index contributed by atoms with van der Waals surface area (Å²) in [4.78, 5) is 16.9. The minimum atomic E-state index is -0.414. The van der Waals surface area contributed by atoms with Gasteiger partial charge < -0.3 is 4.90 Å². The predicted molar refractivity (Wildman–Crippen MR) is 90.6 cm³/mol. The van der Waals surface area contributed by atoms with Crippen LogP contribution in [-0.2, 0) is 6.54 Å². The van der Waals surface area contributed by atoms with Gasteiger partial charge in [-0.05, 0) is 36.0 Å². The van der Waals surface area contributed by atoms with E-state index >= 15 is 0 Å². The molecule has 0 N–H and O–H groups in total. The third-order valence-electron chi connectivity index (χ3n) is 4.22. The minimum absolute atomic E-state index is 0.0331. The van der Waals surface area contributed by atoms with Crippen molar-refractivity contribution in [3.63, 3.8) is 0 Å². The number of hydrogen-bond donors (Lipinski definition) is 0. The van der Waals surface area contributed by atoms with Crippen LogP contribution in [0.4, 0.5) is 11.5 Å². The lowest BCUT2D eigenvalue weighted by Crippen LogP contribution is -2.25. The number of rotatable bonds is 6. The SMILES string of the molecule is CC(C)c1ccc(CN(c2ccc([N+](=O)[O-])cn2)C2CC2)cc1. The van der Waals surface area contributed by atoms with Gasteiger partial charge in [-0.2, -0.15) is 0 Å². The smallest absolute Gasteiger partial charge is 0.287 e. The Morgan fingerprint density at radius 2 is 1.91 bits per heavy atom. The summed E-state index contributed by atoms with van der Waals surface area (Å²) in [6.45, 7) is 5.16. The van der Waals surface area contributed by atoms with E-state index in [2.05, 4.69) is 48.0 Å². The van der Waals surface area contributed by atoms with Crippen LogP contribution in [0.15, 0.2) is 42.6 Å². The Kier molecular flexibility index (Phi) is 4.28. The van der Waals surface area contributed by atoms with E-state index in [0.29, 0.717) is 12.0 Å². The zero-order valence-electron chi connectivity index (χ0n) is 13.5. The van der Waals surface area contributed by atoms with Gasteiger partial charge in [0, 0.05) is 18.7 Å². The Morgan fingerprint density at radius 3 is 2.39 bits per heavy atom. The Morgan fingerprint density at radius 1 is 1.22 bits per heavy atom. The second-order valence-electron chi connectivity index (χ2n) is 6.39. The lowest BCUT2D eigenvalue weighted by molar-refractivity contribution is -0.385. The largest absolute Gasteiger partial charge is 0.349 e. The molecular weight excluding hydrogens is 290 g/mol. The number of nitro groups is 1. The van der Waals surface area contributed by atoms with Gasteiger partial charge >= 0.3 is 0 Å². The van der Waals surface area contributed by atoms with Crippen LogP contribution in [0.5, 0.6) is 0 Å². The van der Waals surface area contributed by atoms with E-state index in [4.69, 9.17) is 0 Å². The summed E-state index contributed by atoms with van der Waals surface area (Å²) in [6, 6.07) is 12.4. The van der Waals surface area contributed by atoms with Gasteiger partial charge in [0.1, 0.15) is 12.0 Å². The van der Waals surface area contributed by atoms with Crippen LogP contribution in [0.25, 0.3) is 0 Å². The topological polar surface area (TPSA) is 59.3 Å². The number of nitrogens with zero attached hydrogens (tertiary/aromatic N) is 3. The monoisotopic (exact) mass is 311 g/mol. The average molecular weight is 311 g/mol. The molecule has 2 aromatic rings. The van der Waals surface area contributed by atoms with Crippen molar-refractivity contribution in [1.29, 1.82) is 0 Å². The maximum Gasteiger partial charge on any atom is 0.287 e. The van der Waals surface area contributed by atoms with Gasteiger partial charge in [-0.15, -0.1) is 0 Å². The number of benzene rings is 1. The highest BCUT2D eigenvalue weighted by atomic mass is 16.6. The first-order chi connectivity index (χ1) is 11.0. The van der Waals surface area contributed by atoms with Gasteiger partial charge in [-0.1, -0.05) is 38.1 Å². The van der Waals surface area contributed by atoms with Crippen LogP contribution in [0.2, 0.25) is 0 Å². The zero-order valence-corrected chi connectivity index (χ0v) is 13.5. The molecule has 3 rings (SSSR count). The van der Waals surface area contributed by atoms with Gasteiger partial charge in [0.05, 0.1) is 4.92 Å². The first-order valence-electron chi connectivity index (χ1n) is 8.00. The molecule has 0 bridgehead atoms. The molecule has 0 amide bonds. The molecule has 1 fully saturated rings. The molecule has 120 valence electrons. The number of hydrogen-bond acceptors (Lipinski definition) is 4. The second-order valence-corrected chi connectivity index (χ2v) is 6.39. The lowest BCUT2D eigenvalue weighted by atomic mass is 10.0. The molecule has 1 aromatic carbocycles. The first kappa shape index (κ1) is 15.5. The molecule has 0 spiro atoms. The van der Waals surface area contributed by atoms with Crippen molar-refractivity contribution in [2.75, 3.05) is 4.90 Å². The highest BCUT2D eigenvalue weighted by molar-refractivity contribution is 5.46. The zero-order chi connectivity index (χ0) is 16.4. The molecule has 1 aliphatic rings. The third kappa shape index (κ3) is 3.67. The quantitative estimate of drug-likeness (QED) is 0.590. The van der Waals surface area contributed by atoms with Crippen LogP contribution in [0.1, 0.15) is 43.7 Å². The van der Waals surface area contributed by atoms with Gasteiger partial charge in [0.25, 0.3) is 5.69 Å². The highest BCUT2D eigenvalue weighted by Gasteiger charge is 2.30. The van der Waals surface area contributed by atoms with E-state index in [9.17, 15) is 10.1 Å². The van der Waals surface area contributed by atoms with E-state index in [-0.39, 0.29) is 5.69 Å². The van der Waals surface area contributed by atoms with Crippen LogP contribution < -0.4 is 4.90 Å². The molecule has 0 saturated heterocycles. The van der Waals surface area contributed by atoms with Crippen molar-refractivity contribution in [3.8, 4) is 0 Å². The number of aromatic nitrogens is 1. The Labute approximate surface area is 136 Å². The molecule has 0 unspecified atom stereocenters. The summed E-state index contributed by atoms with van der Waals surface area (Å²) in [7, 11) is 0. The van der Waals surface area contributed by atoms with Gasteiger partial charge in [0.15, 0.2) is 0 Å². The Balaban J connectivity index is 1.78. The molecule has 0 atom stereocenters. The molecule has 5 heteroatoms. The van der Waals surface area contributed by atoms with Gasteiger partial charge in [-0.3, -0.25) is 10.1 Å². The molecule has 0 aliphatic heterocycles. The van der Waals surface area contributed by atoms with Crippen molar-refractivity contribution in [1.82, 2.24) is 4.98 Å². The Hall–Kier alpha value is -2.43. The summed E-state index contributed by atoms with van der Waals surface area (Å²) >= 11 is 0. The van der Waals surface area contributed by atoms with Crippen LogP contribution >= 0.6 is 0 Å². The fourth-order valence-corrected chi connectivity index (χ4v) is 2.64. The summed E-state index contributed by atoms with van der Waals surface area (Å²) in [5, 5.41) is 10.8. The number of pyridine rings is 1. The van der Waals surface area contributed by atoms with Crippen molar-refractivity contribution in [3.05, 3.63) is 63.8 Å². The minimum Gasteiger partial charge on any atom is -0.349 e. The van der Waals surface area contributed by atoms with E-state index in [1.54, 1.807) is 6.07 Å². The molecule has 1 saturated carbocycles. The fourth-order valence-electron chi connectivity index (χ4n) is 2.64. The lowest BCUT2D eigenvalue weighted by Gasteiger charge is -2.23. The van der Waals surface area contributed by atoms with Crippen molar-refractivity contribution < 1.29 is 4.92 Å². The summed E-state index contributed by atoms with van der Waals surface area (Å²) in [5.41, 5.74) is 2.60. The molecular formula is C18H21N3O2. The predicted octanol–water partition coefficient (Wildman–Crippen LogP) is 4.28. The van der Waals surface area contributed by atoms with Gasteiger partial charge in [0.2, 0.25) is 0 Å². The number of anilines is 1. The fraction of sp³-hybridized carbons (Fsp3) is 0.389. The van der Waals surface area contributed by atoms with Crippen molar-refractivity contribution >= 4 is 11.5 Å². The standard InChI is InChI=1S/C18H21N3O2/c1-13(2)15-5-3-14(4-6-15)12-20(16-7-8-16)18-10-9-17(11-19-18)21(22)23/h3-6,9-11,13,16H,7-8,12H2,1-2H3. The Bertz CT molecular complexity index is 676. The van der Waals surface area contributed by atoms with Crippen LogP contribution in [0, 0.1) is 10.1 Å². The molecule has 0 radical (unpaired) electrons. The second kappa shape index (κ2) is 6.36. The highest BCUT2D eigenvalue weighted by Crippen LogP contribution is 2.32. The van der Waals surface area contributed by atoms with E-state index < -0.39 is 4.92 Å². The molecule has 5 nitrogen and oxygen atoms in total. The van der Waals surface area contributed by atoms with E-state index in [0.717, 1.165) is 25.2 Å². The average Bonchev–Trinajstić information content (AvgIpc) is 3.38. The van der Waals surface area contributed by atoms with E-state index in [1.807, 2.05) is 0 Å². The molecule has 1 aliphatic carbocycles. The maximum atomic E-state index is 10.8. The van der Waals surface area contributed by atoms with Crippen LogP contribution in [-0.4, -0.2) is 15.9 Å². The maximum absolute atomic E-state index is 10.8. The summed E-state index contributed by atoms with van der Waals surface area (Å²) in [5.74, 6) is 1.34. The summed E-state index contributed by atoms with van der Waals surface area (Å²) < 4.78 is 0.